The highest BCUT2D eigenvalue weighted by Gasteiger charge is 2.16. The van der Waals surface area contributed by atoms with Crippen LogP contribution in [0.5, 0.6) is 0 Å². The molecule has 2 aromatic heterocycles. The summed E-state index contributed by atoms with van der Waals surface area (Å²) in [6, 6.07) is 3.35. The average Bonchev–Trinajstić information content (AvgIpc) is 2.64. The minimum atomic E-state index is -0.284. The van der Waals surface area contributed by atoms with E-state index in [0.717, 1.165) is 10.4 Å². The fourth-order valence-corrected chi connectivity index (χ4v) is 2.74. The molecule has 0 aliphatic carbocycles. The van der Waals surface area contributed by atoms with Crippen molar-refractivity contribution in [3.05, 3.63) is 50.4 Å². The van der Waals surface area contributed by atoms with Crippen molar-refractivity contribution < 1.29 is 0 Å². The van der Waals surface area contributed by atoms with Crippen molar-refractivity contribution in [2.24, 2.45) is 5.73 Å². The molecule has 2 heterocycles. The molecule has 0 saturated carbocycles. The molecular formula is C10H8Cl2N2S. The van der Waals surface area contributed by atoms with E-state index in [9.17, 15) is 0 Å². The van der Waals surface area contributed by atoms with Gasteiger partial charge in [0.15, 0.2) is 0 Å². The predicted molar refractivity (Wildman–Crippen MR) is 64.6 cm³/mol. The van der Waals surface area contributed by atoms with E-state index in [4.69, 9.17) is 28.9 Å². The SMILES string of the molecule is NC(c1ccncc1Cl)c1sccc1Cl. The Balaban J connectivity index is 2.41. The Hall–Kier alpha value is -0.610. The lowest BCUT2D eigenvalue weighted by Crippen LogP contribution is -2.11. The molecule has 2 aromatic rings. The smallest absolute Gasteiger partial charge is 0.0676 e. The monoisotopic (exact) mass is 258 g/mol. The molecular weight excluding hydrogens is 251 g/mol. The van der Waals surface area contributed by atoms with Crippen molar-refractivity contribution in [2.75, 3.05) is 0 Å². The molecule has 0 spiro atoms. The van der Waals surface area contributed by atoms with Crippen LogP contribution in [0, 0.1) is 0 Å². The summed E-state index contributed by atoms with van der Waals surface area (Å²) in [6.45, 7) is 0. The summed E-state index contributed by atoms with van der Waals surface area (Å²) in [7, 11) is 0. The minimum absolute atomic E-state index is 0.284. The van der Waals surface area contributed by atoms with Gasteiger partial charge in [-0.15, -0.1) is 11.3 Å². The lowest BCUT2D eigenvalue weighted by Gasteiger charge is -2.11. The van der Waals surface area contributed by atoms with Crippen LogP contribution < -0.4 is 5.73 Å². The van der Waals surface area contributed by atoms with Crippen LogP contribution in [0.25, 0.3) is 0 Å². The van der Waals surface area contributed by atoms with Gasteiger partial charge in [0, 0.05) is 17.3 Å². The molecule has 1 atom stereocenters. The molecule has 2 nitrogen and oxygen atoms in total. The van der Waals surface area contributed by atoms with Crippen LogP contribution in [0.1, 0.15) is 16.5 Å². The first-order valence-corrected chi connectivity index (χ1v) is 5.91. The van der Waals surface area contributed by atoms with Crippen LogP contribution in [0.4, 0.5) is 0 Å². The van der Waals surface area contributed by atoms with Gasteiger partial charge >= 0.3 is 0 Å². The van der Waals surface area contributed by atoms with E-state index in [2.05, 4.69) is 4.98 Å². The van der Waals surface area contributed by atoms with E-state index in [0.29, 0.717) is 10.0 Å². The van der Waals surface area contributed by atoms with Crippen LogP contribution >= 0.6 is 34.5 Å². The number of thiophene rings is 1. The third-order valence-corrected chi connectivity index (χ3v) is 3.82. The normalized spacial score (nSPS) is 12.7. The Bertz CT molecular complexity index is 470. The van der Waals surface area contributed by atoms with Gasteiger partial charge in [-0.25, -0.2) is 0 Å². The Kier molecular flexibility index (Phi) is 3.26. The highest BCUT2D eigenvalue weighted by atomic mass is 35.5. The number of pyridine rings is 1. The van der Waals surface area contributed by atoms with Crippen LogP contribution in [0.15, 0.2) is 29.9 Å². The van der Waals surface area contributed by atoms with Gasteiger partial charge in [0.25, 0.3) is 0 Å². The second-order valence-corrected chi connectivity index (χ2v) is 4.77. The van der Waals surface area contributed by atoms with E-state index in [1.54, 1.807) is 12.4 Å². The molecule has 0 saturated heterocycles. The summed E-state index contributed by atoms with van der Waals surface area (Å²) in [5.41, 5.74) is 6.92. The molecule has 0 aliphatic heterocycles. The molecule has 0 aliphatic rings. The van der Waals surface area contributed by atoms with Crippen LogP contribution in [0.2, 0.25) is 10.0 Å². The standard InChI is InChI=1S/C10H8Cl2N2S/c11-7-2-4-15-10(7)9(13)6-1-3-14-5-8(6)12/h1-5,9H,13H2. The first kappa shape index (κ1) is 10.9. The molecule has 5 heteroatoms. The number of nitrogens with two attached hydrogens (primary N) is 1. The van der Waals surface area contributed by atoms with Crippen LogP contribution in [-0.2, 0) is 0 Å². The summed E-state index contributed by atoms with van der Waals surface area (Å²) in [6.07, 6.45) is 3.25. The topological polar surface area (TPSA) is 38.9 Å². The molecule has 1 unspecified atom stereocenters. The molecule has 0 fully saturated rings. The third-order valence-electron chi connectivity index (χ3n) is 2.07. The Labute approximate surface area is 102 Å². The zero-order valence-corrected chi connectivity index (χ0v) is 9.98. The van der Waals surface area contributed by atoms with Gasteiger partial charge in [-0.05, 0) is 23.1 Å². The summed E-state index contributed by atoms with van der Waals surface area (Å²) in [4.78, 5) is 4.84. The number of rotatable bonds is 2. The maximum Gasteiger partial charge on any atom is 0.0676 e. The largest absolute Gasteiger partial charge is 0.320 e. The second kappa shape index (κ2) is 4.49. The summed E-state index contributed by atoms with van der Waals surface area (Å²) >= 11 is 13.5. The van der Waals surface area contributed by atoms with E-state index < -0.39 is 0 Å². The van der Waals surface area contributed by atoms with Gasteiger partial charge in [0.2, 0.25) is 0 Å². The highest BCUT2D eigenvalue weighted by Crippen LogP contribution is 2.33. The van der Waals surface area contributed by atoms with Crippen molar-refractivity contribution >= 4 is 34.5 Å². The quantitative estimate of drug-likeness (QED) is 0.896. The molecule has 0 radical (unpaired) electrons. The number of hydrogen-bond donors (Lipinski definition) is 1. The predicted octanol–water partition coefficient (Wildman–Crippen LogP) is 3.50. The first-order chi connectivity index (χ1) is 7.20. The number of halogens is 2. The summed E-state index contributed by atoms with van der Waals surface area (Å²) in [5.74, 6) is 0. The van der Waals surface area contributed by atoms with Gasteiger partial charge in [0.05, 0.1) is 16.1 Å². The van der Waals surface area contributed by atoms with Crippen molar-refractivity contribution in [2.45, 2.75) is 6.04 Å². The van der Waals surface area contributed by atoms with E-state index >= 15 is 0 Å². The maximum absolute atomic E-state index is 6.08. The number of hydrogen-bond acceptors (Lipinski definition) is 3. The fraction of sp³-hybridized carbons (Fsp3) is 0.100. The molecule has 0 amide bonds. The number of nitrogens with zero attached hydrogens (tertiary/aromatic N) is 1. The molecule has 2 N–H and O–H groups in total. The van der Waals surface area contributed by atoms with E-state index in [1.165, 1.54) is 11.3 Å². The zero-order chi connectivity index (χ0) is 10.8. The van der Waals surface area contributed by atoms with Gasteiger partial charge in [0.1, 0.15) is 0 Å². The van der Waals surface area contributed by atoms with E-state index in [-0.39, 0.29) is 6.04 Å². The molecule has 2 rings (SSSR count). The lowest BCUT2D eigenvalue weighted by atomic mass is 10.1. The first-order valence-electron chi connectivity index (χ1n) is 4.28. The Morgan fingerprint density at radius 3 is 2.67 bits per heavy atom. The molecule has 78 valence electrons. The fourth-order valence-electron chi connectivity index (χ4n) is 1.31. The third kappa shape index (κ3) is 2.16. The zero-order valence-electron chi connectivity index (χ0n) is 7.65. The Morgan fingerprint density at radius 2 is 2.07 bits per heavy atom. The number of aromatic nitrogens is 1. The minimum Gasteiger partial charge on any atom is -0.320 e. The van der Waals surface area contributed by atoms with Crippen molar-refractivity contribution in [1.29, 1.82) is 0 Å². The Morgan fingerprint density at radius 1 is 1.27 bits per heavy atom. The summed E-state index contributed by atoms with van der Waals surface area (Å²) in [5, 5.41) is 3.15. The van der Waals surface area contributed by atoms with Gasteiger partial charge in [-0.3, -0.25) is 4.98 Å². The van der Waals surface area contributed by atoms with Crippen LogP contribution in [-0.4, -0.2) is 4.98 Å². The molecule has 0 bridgehead atoms. The van der Waals surface area contributed by atoms with E-state index in [1.807, 2.05) is 17.5 Å². The van der Waals surface area contributed by atoms with Crippen molar-refractivity contribution in [3.8, 4) is 0 Å². The molecule has 0 aromatic carbocycles. The molecule has 15 heavy (non-hydrogen) atoms. The van der Waals surface area contributed by atoms with Crippen molar-refractivity contribution in [1.82, 2.24) is 4.98 Å². The van der Waals surface area contributed by atoms with Crippen LogP contribution in [0.3, 0.4) is 0 Å². The van der Waals surface area contributed by atoms with Gasteiger partial charge in [-0.2, -0.15) is 0 Å². The maximum atomic E-state index is 6.08. The average molecular weight is 259 g/mol. The lowest BCUT2D eigenvalue weighted by molar-refractivity contribution is 0.890. The van der Waals surface area contributed by atoms with Gasteiger partial charge in [-0.1, -0.05) is 23.2 Å². The highest BCUT2D eigenvalue weighted by molar-refractivity contribution is 7.10. The summed E-state index contributed by atoms with van der Waals surface area (Å²) < 4.78 is 0. The van der Waals surface area contributed by atoms with Gasteiger partial charge < -0.3 is 5.73 Å². The second-order valence-electron chi connectivity index (χ2n) is 3.01. The van der Waals surface area contributed by atoms with Crippen molar-refractivity contribution in [3.63, 3.8) is 0 Å².